The normalized spacial score (nSPS) is 19.0. The van der Waals surface area contributed by atoms with Crippen LogP contribution >= 0.6 is 0 Å². The van der Waals surface area contributed by atoms with Crippen molar-refractivity contribution in [3.8, 4) is 0 Å². The van der Waals surface area contributed by atoms with Gasteiger partial charge in [-0.25, -0.2) is 4.98 Å². The van der Waals surface area contributed by atoms with Crippen LogP contribution in [-0.4, -0.2) is 46.2 Å². The molecule has 0 spiro atoms. The van der Waals surface area contributed by atoms with E-state index in [0.29, 0.717) is 12.3 Å². The van der Waals surface area contributed by atoms with Gasteiger partial charge >= 0.3 is 0 Å². The quantitative estimate of drug-likeness (QED) is 0.847. The summed E-state index contributed by atoms with van der Waals surface area (Å²) in [6.45, 7) is 6.52. The molecule has 3 rings (SSSR count). The van der Waals surface area contributed by atoms with Crippen LogP contribution in [0.1, 0.15) is 33.1 Å². The first-order valence-corrected chi connectivity index (χ1v) is 8.71. The maximum Gasteiger partial charge on any atom is 0.225 e. The topological polar surface area (TPSA) is 47.4 Å². The Labute approximate surface area is 143 Å². The van der Waals surface area contributed by atoms with Gasteiger partial charge in [0, 0.05) is 26.7 Å². The second-order valence-electron chi connectivity index (χ2n) is 7.37. The van der Waals surface area contributed by atoms with E-state index in [4.69, 9.17) is 4.74 Å². The molecule has 1 atom stereocenters. The van der Waals surface area contributed by atoms with Crippen LogP contribution in [0.15, 0.2) is 30.6 Å². The summed E-state index contributed by atoms with van der Waals surface area (Å²) < 4.78 is 7.61. The minimum atomic E-state index is -0.398. The second kappa shape index (κ2) is 6.93. The number of methoxy groups -OCH3 is 1. The third-order valence-corrected chi connectivity index (χ3v) is 4.98. The minimum Gasteiger partial charge on any atom is -0.378 e. The molecule has 1 aliphatic heterocycles. The fourth-order valence-corrected chi connectivity index (χ4v) is 3.42. The van der Waals surface area contributed by atoms with Gasteiger partial charge in [0.05, 0.1) is 29.4 Å². The van der Waals surface area contributed by atoms with Gasteiger partial charge in [0.2, 0.25) is 5.91 Å². The van der Waals surface area contributed by atoms with Crippen molar-refractivity contribution in [3.05, 3.63) is 30.6 Å². The molecule has 5 nitrogen and oxygen atoms in total. The van der Waals surface area contributed by atoms with E-state index in [-0.39, 0.29) is 5.91 Å². The molecule has 2 heterocycles. The van der Waals surface area contributed by atoms with Crippen molar-refractivity contribution in [2.45, 2.75) is 45.3 Å². The highest BCUT2D eigenvalue weighted by molar-refractivity contribution is 5.77. The largest absolute Gasteiger partial charge is 0.378 e. The van der Waals surface area contributed by atoms with Crippen molar-refractivity contribution in [1.29, 1.82) is 0 Å². The van der Waals surface area contributed by atoms with E-state index in [0.717, 1.165) is 38.0 Å². The van der Waals surface area contributed by atoms with E-state index in [1.807, 2.05) is 43.3 Å². The third-order valence-electron chi connectivity index (χ3n) is 4.98. The summed E-state index contributed by atoms with van der Waals surface area (Å²) in [7, 11) is 1.66. The fraction of sp³-hybridized carbons (Fsp3) is 0.579. The predicted octanol–water partition coefficient (Wildman–Crippen LogP) is 3.09. The average Bonchev–Trinajstić information content (AvgIpc) is 2.98. The molecule has 0 bridgehead atoms. The lowest BCUT2D eigenvalue weighted by Crippen LogP contribution is -2.43. The second-order valence-corrected chi connectivity index (χ2v) is 7.37. The van der Waals surface area contributed by atoms with Gasteiger partial charge in [-0.05, 0) is 44.7 Å². The molecule has 1 aliphatic rings. The molecule has 130 valence electrons. The molecule has 2 aromatic rings. The van der Waals surface area contributed by atoms with Gasteiger partial charge < -0.3 is 14.2 Å². The van der Waals surface area contributed by atoms with Gasteiger partial charge in [0.15, 0.2) is 0 Å². The molecule has 1 saturated heterocycles. The average molecular weight is 329 g/mol. The summed E-state index contributed by atoms with van der Waals surface area (Å²) in [6, 6.07) is 8.20. The lowest BCUT2D eigenvalue weighted by Gasteiger charge is -2.35. The van der Waals surface area contributed by atoms with Crippen molar-refractivity contribution >= 4 is 16.9 Å². The number of likely N-dealkylation sites (tertiary alicyclic amines) is 1. The summed E-state index contributed by atoms with van der Waals surface area (Å²) in [5.74, 6) is 0.674. The van der Waals surface area contributed by atoms with Crippen molar-refractivity contribution in [2.24, 2.45) is 5.92 Å². The number of hydrogen-bond donors (Lipinski definition) is 0. The van der Waals surface area contributed by atoms with E-state index in [2.05, 4.69) is 15.6 Å². The van der Waals surface area contributed by atoms with Crippen LogP contribution in [0.5, 0.6) is 0 Å². The predicted molar refractivity (Wildman–Crippen MR) is 94.7 cm³/mol. The van der Waals surface area contributed by atoms with Gasteiger partial charge in [-0.2, -0.15) is 0 Å². The molecular weight excluding hydrogens is 302 g/mol. The lowest BCUT2D eigenvalue weighted by molar-refractivity contribution is -0.138. The first kappa shape index (κ1) is 17.0. The zero-order valence-electron chi connectivity index (χ0n) is 14.9. The van der Waals surface area contributed by atoms with Crippen LogP contribution < -0.4 is 0 Å². The number of para-hydroxylation sites is 2. The van der Waals surface area contributed by atoms with Crippen molar-refractivity contribution in [1.82, 2.24) is 14.5 Å². The molecule has 1 fully saturated rings. The van der Waals surface area contributed by atoms with Gasteiger partial charge in [0.1, 0.15) is 0 Å². The standard InChI is InChI=1S/C19H27N3O2/c1-19(2,24-3)11-18(23)21-10-6-7-15(12-21)13-22-14-20-16-8-4-5-9-17(16)22/h4-5,8-9,14-15H,6-7,10-13H2,1-3H3. The number of amides is 1. The van der Waals surface area contributed by atoms with Crippen LogP contribution in [0, 0.1) is 5.92 Å². The first-order valence-electron chi connectivity index (χ1n) is 8.71. The Morgan fingerprint density at radius 1 is 1.38 bits per heavy atom. The molecule has 24 heavy (non-hydrogen) atoms. The van der Waals surface area contributed by atoms with Crippen molar-refractivity contribution < 1.29 is 9.53 Å². The van der Waals surface area contributed by atoms with E-state index in [1.165, 1.54) is 5.52 Å². The summed E-state index contributed by atoms with van der Waals surface area (Å²) in [5, 5.41) is 0. The monoisotopic (exact) mass is 329 g/mol. The molecule has 0 N–H and O–H groups in total. The van der Waals surface area contributed by atoms with Gasteiger partial charge in [0.25, 0.3) is 0 Å². The smallest absolute Gasteiger partial charge is 0.225 e. The SMILES string of the molecule is COC(C)(C)CC(=O)N1CCCC(Cn2cnc3ccccc32)C1. The first-order chi connectivity index (χ1) is 11.5. The maximum atomic E-state index is 12.6. The van der Waals surface area contributed by atoms with E-state index >= 15 is 0 Å². The Morgan fingerprint density at radius 2 is 2.17 bits per heavy atom. The number of carbonyl (C=O) groups is 1. The number of nitrogens with zero attached hydrogens (tertiary/aromatic N) is 3. The van der Waals surface area contributed by atoms with E-state index in [1.54, 1.807) is 7.11 Å². The molecule has 0 radical (unpaired) electrons. The molecule has 1 unspecified atom stereocenters. The van der Waals surface area contributed by atoms with Crippen LogP contribution in [0.2, 0.25) is 0 Å². The fourth-order valence-electron chi connectivity index (χ4n) is 3.42. The molecule has 0 aliphatic carbocycles. The van der Waals surface area contributed by atoms with Crippen LogP contribution in [0.3, 0.4) is 0 Å². The van der Waals surface area contributed by atoms with E-state index in [9.17, 15) is 4.79 Å². The van der Waals surface area contributed by atoms with Gasteiger partial charge in [-0.15, -0.1) is 0 Å². The Hall–Kier alpha value is -1.88. The summed E-state index contributed by atoms with van der Waals surface area (Å²) in [6.07, 6.45) is 4.57. The van der Waals surface area contributed by atoms with Crippen molar-refractivity contribution in [3.63, 3.8) is 0 Å². The Balaban J connectivity index is 1.64. The number of rotatable bonds is 5. The third kappa shape index (κ3) is 3.78. The molecule has 1 aromatic carbocycles. The summed E-state index contributed by atoms with van der Waals surface area (Å²) in [4.78, 5) is 19.0. The van der Waals surface area contributed by atoms with Crippen molar-refractivity contribution in [2.75, 3.05) is 20.2 Å². The zero-order chi connectivity index (χ0) is 17.2. The van der Waals surface area contributed by atoms with Crippen LogP contribution in [0.25, 0.3) is 11.0 Å². The minimum absolute atomic E-state index is 0.196. The van der Waals surface area contributed by atoms with Crippen LogP contribution in [0.4, 0.5) is 0 Å². The number of benzene rings is 1. The van der Waals surface area contributed by atoms with Gasteiger partial charge in [-0.1, -0.05) is 12.1 Å². The molecule has 1 amide bonds. The molecule has 1 aromatic heterocycles. The lowest BCUT2D eigenvalue weighted by atomic mass is 9.96. The number of imidazole rings is 1. The Morgan fingerprint density at radius 3 is 2.96 bits per heavy atom. The number of carbonyl (C=O) groups excluding carboxylic acids is 1. The number of hydrogen-bond acceptors (Lipinski definition) is 3. The number of aromatic nitrogens is 2. The number of ether oxygens (including phenoxy) is 1. The molecule has 5 heteroatoms. The zero-order valence-corrected chi connectivity index (χ0v) is 14.9. The highest BCUT2D eigenvalue weighted by Crippen LogP contribution is 2.23. The van der Waals surface area contributed by atoms with E-state index < -0.39 is 5.60 Å². The van der Waals surface area contributed by atoms with Crippen LogP contribution in [-0.2, 0) is 16.1 Å². The summed E-state index contributed by atoms with van der Waals surface area (Å²) in [5.41, 5.74) is 1.80. The Bertz CT molecular complexity index is 707. The molecule has 0 saturated carbocycles. The maximum absolute atomic E-state index is 12.6. The molecular formula is C19H27N3O2. The highest BCUT2D eigenvalue weighted by Gasteiger charge is 2.28. The Kier molecular flexibility index (Phi) is 4.90. The summed E-state index contributed by atoms with van der Waals surface area (Å²) >= 11 is 0. The number of fused-ring (bicyclic) bond motifs is 1. The van der Waals surface area contributed by atoms with Gasteiger partial charge in [-0.3, -0.25) is 4.79 Å². The number of piperidine rings is 1. The highest BCUT2D eigenvalue weighted by atomic mass is 16.5.